The van der Waals surface area contributed by atoms with Crippen LogP contribution < -0.4 is 5.73 Å². The van der Waals surface area contributed by atoms with Gasteiger partial charge < -0.3 is 10.8 Å². The molecule has 20 heavy (non-hydrogen) atoms. The summed E-state index contributed by atoms with van der Waals surface area (Å²) in [6.45, 7) is 1.64. The Bertz CT molecular complexity index is 475. The zero-order chi connectivity index (χ0) is 14.5. The van der Waals surface area contributed by atoms with Gasteiger partial charge in [0.05, 0.1) is 6.61 Å². The number of aliphatic hydroxyl groups excluding tert-OH is 1. The van der Waals surface area contributed by atoms with Gasteiger partial charge in [-0.1, -0.05) is 48.8 Å². The summed E-state index contributed by atoms with van der Waals surface area (Å²) in [5, 5.41) is 9.94. The molecule has 0 saturated heterocycles. The van der Waals surface area contributed by atoms with Gasteiger partial charge in [0.15, 0.2) is 0 Å². The minimum absolute atomic E-state index is 0.180. The standard InChI is InChI=1S/C15H21ClN2OS/c16-14-9-11(15(17)20)5-6-12(14)10-18(7-8-19)13-3-1-2-4-13/h5-6,9,13,19H,1-4,7-8,10H2,(H2,17,20). The van der Waals surface area contributed by atoms with Crippen molar-refractivity contribution in [2.75, 3.05) is 13.2 Å². The number of halogens is 1. The molecule has 0 bridgehead atoms. The average molecular weight is 313 g/mol. The second-order valence-electron chi connectivity index (χ2n) is 5.30. The Kier molecular flexibility index (Phi) is 5.78. The molecule has 2 rings (SSSR count). The number of hydrogen-bond acceptors (Lipinski definition) is 3. The van der Waals surface area contributed by atoms with Crippen LogP contribution in [0.4, 0.5) is 0 Å². The van der Waals surface area contributed by atoms with Gasteiger partial charge in [-0.2, -0.15) is 0 Å². The quantitative estimate of drug-likeness (QED) is 0.793. The number of hydrogen-bond donors (Lipinski definition) is 2. The molecular weight excluding hydrogens is 292 g/mol. The molecule has 5 heteroatoms. The SMILES string of the molecule is NC(=S)c1ccc(CN(CCO)C2CCCC2)c(Cl)c1. The first kappa shape index (κ1) is 15.7. The third-order valence-corrected chi connectivity index (χ3v) is 4.53. The molecule has 3 nitrogen and oxygen atoms in total. The van der Waals surface area contributed by atoms with Crippen molar-refractivity contribution in [3.63, 3.8) is 0 Å². The van der Waals surface area contributed by atoms with E-state index in [9.17, 15) is 5.11 Å². The van der Waals surface area contributed by atoms with Crippen molar-refractivity contribution < 1.29 is 5.11 Å². The van der Waals surface area contributed by atoms with Gasteiger partial charge in [-0.25, -0.2) is 0 Å². The maximum absolute atomic E-state index is 9.25. The first-order valence-electron chi connectivity index (χ1n) is 7.05. The lowest BCUT2D eigenvalue weighted by atomic mass is 10.1. The van der Waals surface area contributed by atoms with Gasteiger partial charge in [-0.15, -0.1) is 0 Å². The van der Waals surface area contributed by atoms with Crippen LogP contribution in [0, 0.1) is 0 Å². The second-order valence-corrected chi connectivity index (χ2v) is 6.15. The third-order valence-electron chi connectivity index (χ3n) is 3.94. The van der Waals surface area contributed by atoms with E-state index in [2.05, 4.69) is 4.90 Å². The average Bonchev–Trinajstić information content (AvgIpc) is 2.94. The number of thiocarbonyl (C=S) groups is 1. The smallest absolute Gasteiger partial charge is 0.104 e. The molecule has 0 aromatic heterocycles. The van der Waals surface area contributed by atoms with Crippen molar-refractivity contribution in [3.8, 4) is 0 Å². The van der Waals surface area contributed by atoms with Crippen molar-refractivity contribution in [3.05, 3.63) is 34.3 Å². The highest BCUT2D eigenvalue weighted by Gasteiger charge is 2.22. The van der Waals surface area contributed by atoms with E-state index in [-0.39, 0.29) is 6.61 Å². The molecule has 1 aliphatic carbocycles. The molecule has 1 aromatic carbocycles. The number of benzene rings is 1. The zero-order valence-corrected chi connectivity index (χ0v) is 13.1. The van der Waals surface area contributed by atoms with Gasteiger partial charge >= 0.3 is 0 Å². The predicted octanol–water partition coefficient (Wildman–Crippen LogP) is 2.71. The van der Waals surface area contributed by atoms with E-state index >= 15 is 0 Å². The minimum Gasteiger partial charge on any atom is -0.395 e. The van der Waals surface area contributed by atoms with Crippen molar-refractivity contribution in [2.24, 2.45) is 5.73 Å². The molecule has 0 unspecified atom stereocenters. The molecule has 0 radical (unpaired) electrons. The van der Waals surface area contributed by atoms with Crippen LogP contribution in [0.15, 0.2) is 18.2 Å². The van der Waals surface area contributed by atoms with Gasteiger partial charge in [0, 0.05) is 29.7 Å². The van der Waals surface area contributed by atoms with E-state index in [1.165, 1.54) is 25.7 Å². The van der Waals surface area contributed by atoms with Crippen molar-refractivity contribution >= 4 is 28.8 Å². The van der Waals surface area contributed by atoms with Crippen LogP contribution in [-0.2, 0) is 6.54 Å². The van der Waals surface area contributed by atoms with Gasteiger partial charge in [-0.05, 0) is 24.5 Å². The lowest BCUT2D eigenvalue weighted by Gasteiger charge is -2.28. The molecular formula is C15H21ClN2OS. The maximum Gasteiger partial charge on any atom is 0.104 e. The van der Waals surface area contributed by atoms with Gasteiger partial charge in [0.2, 0.25) is 0 Å². The zero-order valence-electron chi connectivity index (χ0n) is 11.5. The Morgan fingerprint density at radius 3 is 2.65 bits per heavy atom. The fraction of sp³-hybridized carbons (Fsp3) is 0.533. The van der Waals surface area contributed by atoms with E-state index in [1.807, 2.05) is 18.2 Å². The van der Waals surface area contributed by atoms with Crippen LogP contribution in [0.3, 0.4) is 0 Å². The van der Waals surface area contributed by atoms with E-state index in [0.717, 1.165) is 17.7 Å². The van der Waals surface area contributed by atoms with Gasteiger partial charge in [-0.3, -0.25) is 4.90 Å². The first-order chi connectivity index (χ1) is 9.61. The third kappa shape index (κ3) is 3.92. The van der Waals surface area contributed by atoms with E-state index in [4.69, 9.17) is 29.6 Å². The van der Waals surface area contributed by atoms with Gasteiger partial charge in [0.25, 0.3) is 0 Å². The number of nitrogens with two attached hydrogens (primary N) is 1. The number of rotatable bonds is 6. The van der Waals surface area contributed by atoms with Crippen LogP contribution in [0.25, 0.3) is 0 Å². The lowest BCUT2D eigenvalue weighted by molar-refractivity contribution is 0.145. The first-order valence-corrected chi connectivity index (χ1v) is 7.83. The molecule has 1 fully saturated rings. The minimum atomic E-state index is 0.180. The summed E-state index contributed by atoms with van der Waals surface area (Å²) in [6.07, 6.45) is 4.98. The molecule has 0 aliphatic heterocycles. The summed E-state index contributed by atoms with van der Waals surface area (Å²) in [5.41, 5.74) is 7.47. The monoisotopic (exact) mass is 312 g/mol. The van der Waals surface area contributed by atoms with E-state index in [0.29, 0.717) is 22.6 Å². The van der Waals surface area contributed by atoms with Crippen molar-refractivity contribution in [2.45, 2.75) is 38.3 Å². The number of aliphatic hydroxyl groups is 1. The Labute approximate surface area is 130 Å². The van der Waals surface area contributed by atoms with Crippen LogP contribution in [0.1, 0.15) is 36.8 Å². The normalized spacial score (nSPS) is 15.9. The Balaban J connectivity index is 2.11. The van der Waals surface area contributed by atoms with Crippen LogP contribution in [0.5, 0.6) is 0 Å². The molecule has 0 atom stereocenters. The summed E-state index contributed by atoms with van der Waals surface area (Å²) in [4.78, 5) is 2.69. The molecule has 1 aromatic rings. The largest absolute Gasteiger partial charge is 0.395 e. The van der Waals surface area contributed by atoms with Crippen LogP contribution in [-0.4, -0.2) is 34.2 Å². The molecule has 1 aliphatic rings. The lowest BCUT2D eigenvalue weighted by Crippen LogP contribution is -2.35. The molecule has 3 N–H and O–H groups in total. The maximum atomic E-state index is 9.25. The van der Waals surface area contributed by atoms with Gasteiger partial charge in [0.1, 0.15) is 4.99 Å². The Morgan fingerprint density at radius 1 is 1.40 bits per heavy atom. The topological polar surface area (TPSA) is 49.5 Å². The predicted molar refractivity (Wildman–Crippen MR) is 87.1 cm³/mol. The highest BCUT2D eigenvalue weighted by Crippen LogP contribution is 2.27. The molecule has 0 amide bonds. The summed E-state index contributed by atoms with van der Waals surface area (Å²) in [5.74, 6) is 0. The summed E-state index contributed by atoms with van der Waals surface area (Å²) >= 11 is 11.3. The number of nitrogens with zero attached hydrogens (tertiary/aromatic N) is 1. The van der Waals surface area contributed by atoms with E-state index in [1.54, 1.807) is 0 Å². The van der Waals surface area contributed by atoms with Crippen molar-refractivity contribution in [1.29, 1.82) is 0 Å². The van der Waals surface area contributed by atoms with Crippen LogP contribution >= 0.6 is 23.8 Å². The van der Waals surface area contributed by atoms with Crippen LogP contribution in [0.2, 0.25) is 5.02 Å². The molecule has 110 valence electrons. The van der Waals surface area contributed by atoms with E-state index < -0.39 is 0 Å². The van der Waals surface area contributed by atoms with Crippen molar-refractivity contribution in [1.82, 2.24) is 4.90 Å². The fourth-order valence-corrected chi connectivity index (χ4v) is 3.20. The summed E-state index contributed by atoms with van der Waals surface area (Å²) in [7, 11) is 0. The highest BCUT2D eigenvalue weighted by atomic mass is 35.5. The summed E-state index contributed by atoms with van der Waals surface area (Å²) < 4.78 is 0. The molecule has 1 saturated carbocycles. The Hall–Kier alpha value is -0.680. The Morgan fingerprint density at radius 2 is 2.10 bits per heavy atom. The highest BCUT2D eigenvalue weighted by molar-refractivity contribution is 7.80. The molecule has 0 spiro atoms. The fourth-order valence-electron chi connectivity index (χ4n) is 2.84. The second kappa shape index (κ2) is 7.36. The molecule has 0 heterocycles. The summed E-state index contributed by atoms with van der Waals surface area (Å²) in [6, 6.07) is 6.28.